The Morgan fingerprint density at radius 1 is 1.11 bits per heavy atom. The molecule has 1 unspecified atom stereocenters. The molecule has 0 N–H and O–H groups in total. The number of cyclic esters (lactones) is 1. The van der Waals surface area contributed by atoms with Crippen molar-refractivity contribution in [1.29, 1.82) is 0 Å². The molecule has 2 heterocycles. The number of carbonyl (C=O) groups is 2. The topological polar surface area (TPSA) is 71.1 Å². The van der Waals surface area contributed by atoms with Gasteiger partial charge in [0.05, 0.1) is 12.2 Å². The first-order valence-electron chi connectivity index (χ1n) is 6.01. The molecular weight excluding hydrogens is 252 g/mol. The highest BCUT2D eigenvalue weighted by Crippen LogP contribution is 2.31. The fourth-order valence-corrected chi connectivity index (χ4v) is 1.95. The lowest BCUT2D eigenvalue weighted by Crippen LogP contribution is -2.23. The average Bonchev–Trinajstić information content (AvgIpc) is 2.84. The van der Waals surface area contributed by atoms with Crippen LogP contribution in [0.4, 0.5) is 0 Å². The maximum Gasteiger partial charge on any atom is 0.347 e. The van der Waals surface area contributed by atoms with Crippen molar-refractivity contribution in [2.45, 2.75) is 12.5 Å². The summed E-state index contributed by atoms with van der Waals surface area (Å²) in [7, 11) is 0. The van der Waals surface area contributed by atoms with Crippen molar-refractivity contribution >= 4 is 11.9 Å². The number of benzene rings is 1. The number of hydrogen-bond donors (Lipinski definition) is 0. The number of ether oxygens (including phenoxy) is 4. The van der Waals surface area contributed by atoms with Gasteiger partial charge in [0.1, 0.15) is 13.2 Å². The predicted molar refractivity (Wildman–Crippen MR) is 62.2 cm³/mol. The Labute approximate surface area is 109 Å². The van der Waals surface area contributed by atoms with Gasteiger partial charge in [-0.25, -0.2) is 9.59 Å². The molecule has 0 aromatic heterocycles. The first-order valence-corrected chi connectivity index (χ1v) is 6.01. The molecule has 100 valence electrons. The van der Waals surface area contributed by atoms with E-state index < -0.39 is 18.0 Å². The first-order chi connectivity index (χ1) is 9.24. The van der Waals surface area contributed by atoms with Crippen molar-refractivity contribution in [1.82, 2.24) is 0 Å². The summed E-state index contributed by atoms with van der Waals surface area (Å²) in [5, 5.41) is 0. The van der Waals surface area contributed by atoms with E-state index in [1.807, 2.05) is 0 Å². The Bertz CT molecular complexity index is 524. The molecule has 0 bridgehead atoms. The van der Waals surface area contributed by atoms with Crippen LogP contribution in [0.2, 0.25) is 0 Å². The molecule has 1 aromatic rings. The summed E-state index contributed by atoms with van der Waals surface area (Å²) in [4.78, 5) is 23.1. The monoisotopic (exact) mass is 264 g/mol. The van der Waals surface area contributed by atoms with Crippen LogP contribution in [0.25, 0.3) is 0 Å². The van der Waals surface area contributed by atoms with Crippen LogP contribution in [0, 0.1) is 0 Å². The second kappa shape index (κ2) is 4.79. The lowest BCUT2D eigenvalue weighted by molar-refractivity contribution is -0.145. The second-order valence-electron chi connectivity index (χ2n) is 4.21. The van der Waals surface area contributed by atoms with Gasteiger partial charge in [-0.1, -0.05) is 0 Å². The smallest absolute Gasteiger partial charge is 0.347 e. The maximum atomic E-state index is 11.9. The van der Waals surface area contributed by atoms with Gasteiger partial charge in [0.2, 0.25) is 6.10 Å². The standard InChI is InChI=1S/C13H12O6/c14-12(19-10-3-4-18-13(10)15)8-1-2-9-11(7-8)17-6-5-16-9/h1-2,7,10H,3-6H2. The molecule has 0 amide bonds. The van der Waals surface area contributed by atoms with Gasteiger partial charge in [0, 0.05) is 6.42 Å². The van der Waals surface area contributed by atoms with E-state index in [0.29, 0.717) is 36.7 Å². The number of hydrogen-bond acceptors (Lipinski definition) is 6. The van der Waals surface area contributed by atoms with Crippen molar-refractivity contribution in [3.8, 4) is 11.5 Å². The molecule has 0 saturated carbocycles. The molecule has 1 saturated heterocycles. The van der Waals surface area contributed by atoms with Gasteiger partial charge in [0.15, 0.2) is 11.5 Å². The van der Waals surface area contributed by atoms with Crippen molar-refractivity contribution in [3.63, 3.8) is 0 Å². The van der Waals surface area contributed by atoms with E-state index in [-0.39, 0.29) is 6.61 Å². The van der Waals surface area contributed by atoms with E-state index in [2.05, 4.69) is 0 Å². The average molecular weight is 264 g/mol. The summed E-state index contributed by atoms with van der Waals surface area (Å²) in [6.45, 7) is 1.23. The minimum absolute atomic E-state index is 0.290. The molecular formula is C13H12O6. The quantitative estimate of drug-likeness (QED) is 0.740. The third-order valence-corrected chi connectivity index (χ3v) is 2.91. The Hall–Kier alpha value is -2.24. The van der Waals surface area contributed by atoms with E-state index in [0.717, 1.165) is 0 Å². The molecule has 19 heavy (non-hydrogen) atoms. The summed E-state index contributed by atoms with van der Waals surface area (Å²) < 4.78 is 20.6. The molecule has 1 fully saturated rings. The van der Waals surface area contributed by atoms with Gasteiger partial charge in [-0.05, 0) is 18.2 Å². The molecule has 0 radical (unpaired) electrons. The highest BCUT2D eigenvalue weighted by Gasteiger charge is 2.30. The van der Waals surface area contributed by atoms with Gasteiger partial charge in [-0.2, -0.15) is 0 Å². The van der Waals surface area contributed by atoms with Crippen LogP contribution in [0.3, 0.4) is 0 Å². The molecule has 2 aliphatic rings. The lowest BCUT2D eigenvalue weighted by atomic mass is 10.2. The van der Waals surface area contributed by atoms with E-state index in [4.69, 9.17) is 18.9 Å². The van der Waals surface area contributed by atoms with E-state index in [9.17, 15) is 9.59 Å². The van der Waals surface area contributed by atoms with Gasteiger partial charge >= 0.3 is 11.9 Å². The summed E-state index contributed by atoms with van der Waals surface area (Å²) in [6.07, 6.45) is -0.407. The third-order valence-electron chi connectivity index (χ3n) is 2.91. The maximum absolute atomic E-state index is 11.9. The molecule has 6 nitrogen and oxygen atoms in total. The van der Waals surface area contributed by atoms with Crippen molar-refractivity contribution in [2.24, 2.45) is 0 Å². The predicted octanol–water partition coefficient (Wildman–Crippen LogP) is 0.930. The van der Waals surface area contributed by atoms with Gasteiger partial charge in [-0.15, -0.1) is 0 Å². The molecule has 1 aromatic carbocycles. The zero-order valence-electron chi connectivity index (χ0n) is 10.1. The van der Waals surface area contributed by atoms with Crippen LogP contribution < -0.4 is 9.47 Å². The fraction of sp³-hybridized carbons (Fsp3) is 0.385. The van der Waals surface area contributed by atoms with Crippen LogP contribution >= 0.6 is 0 Å². The third kappa shape index (κ3) is 2.33. The van der Waals surface area contributed by atoms with Crippen LogP contribution in [-0.4, -0.2) is 37.9 Å². The number of carbonyl (C=O) groups excluding carboxylic acids is 2. The number of rotatable bonds is 2. The molecule has 3 rings (SSSR count). The SMILES string of the molecule is O=C(OC1CCOC1=O)c1ccc2c(c1)OCCO2. The van der Waals surface area contributed by atoms with Crippen molar-refractivity contribution in [2.75, 3.05) is 19.8 Å². The Kier molecular flexibility index (Phi) is 2.98. The van der Waals surface area contributed by atoms with Crippen LogP contribution in [0.15, 0.2) is 18.2 Å². The Morgan fingerprint density at radius 2 is 1.89 bits per heavy atom. The van der Waals surface area contributed by atoms with Crippen LogP contribution in [-0.2, 0) is 14.3 Å². The van der Waals surface area contributed by atoms with Gasteiger partial charge < -0.3 is 18.9 Å². The Balaban J connectivity index is 1.74. The summed E-state index contributed by atoms with van der Waals surface area (Å²) in [5.74, 6) is 0.0458. The molecule has 2 aliphatic heterocycles. The number of esters is 2. The zero-order chi connectivity index (χ0) is 13.2. The van der Waals surface area contributed by atoms with Crippen LogP contribution in [0.5, 0.6) is 11.5 Å². The minimum Gasteiger partial charge on any atom is -0.486 e. The highest BCUT2D eigenvalue weighted by molar-refractivity contribution is 5.92. The molecule has 1 atom stereocenters. The number of fused-ring (bicyclic) bond motifs is 1. The zero-order valence-corrected chi connectivity index (χ0v) is 10.1. The largest absolute Gasteiger partial charge is 0.486 e. The van der Waals surface area contributed by atoms with E-state index in [1.54, 1.807) is 18.2 Å². The van der Waals surface area contributed by atoms with Gasteiger partial charge in [0.25, 0.3) is 0 Å². The minimum atomic E-state index is -0.805. The Morgan fingerprint density at radius 3 is 2.63 bits per heavy atom. The molecule has 6 heteroatoms. The van der Waals surface area contributed by atoms with E-state index >= 15 is 0 Å². The fourth-order valence-electron chi connectivity index (χ4n) is 1.95. The summed E-state index contributed by atoms with van der Waals surface area (Å²) in [5.41, 5.74) is 0.323. The highest BCUT2D eigenvalue weighted by atomic mass is 16.6. The summed E-state index contributed by atoms with van der Waals surface area (Å²) in [6, 6.07) is 4.78. The first kappa shape index (κ1) is 11.8. The second-order valence-corrected chi connectivity index (χ2v) is 4.21. The summed E-state index contributed by atoms with van der Waals surface area (Å²) >= 11 is 0. The van der Waals surface area contributed by atoms with Crippen molar-refractivity contribution in [3.05, 3.63) is 23.8 Å². The lowest BCUT2D eigenvalue weighted by Gasteiger charge is -2.18. The van der Waals surface area contributed by atoms with Gasteiger partial charge in [-0.3, -0.25) is 0 Å². The van der Waals surface area contributed by atoms with E-state index in [1.165, 1.54) is 0 Å². The molecule has 0 aliphatic carbocycles. The van der Waals surface area contributed by atoms with Crippen molar-refractivity contribution < 1.29 is 28.5 Å². The van der Waals surface area contributed by atoms with Crippen LogP contribution in [0.1, 0.15) is 16.8 Å². The normalized spacial score (nSPS) is 20.8. The molecule has 0 spiro atoms.